The summed E-state index contributed by atoms with van der Waals surface area (Å²) in [4.78, 5) is 18.2. The number of hydrogen-bond donors (Lipinski definition) is 1. The van der Waals surface area contributed by atoms with Gasteiger partial charge in [0.15, 0.2) is 0 Å². The molecule has 0 radical (unpaired) electrons. The molecule has 0 bridgehead atoms. The molecule has 0 spiro atoms. The van der Waals surface area contributed by atoms with E-state index in [0.717, 1.165) is 12.8 Å². The summed E-state index contributed by atoms with van der Waals surface area (Å²) in [6.07, 6.45) is 3.56. The van der Waals surface area contributed by atoms with Gasteiger partial charge in [0.25, 0.3) is 5.91 Å². The Hall–Kier alpha value is -1.86. The van der Waals surface area contributed by atoms with E-state index in [9.17, 15) is 4.79 Å². The second-order valence-corrected chi connectivity index (χ2v) is 4.41. The van der Waals surface area contributed by atoms with Crippen molar-refractivity contribution in [2.24, 2.45) is 0 Å². The molecular formula is C15H20N2O2. The molecule has 1 aromatic heterocycles. The zero-order valence-electron chi connectivity index (χ0n) is 11.7. The largest absolute Gasteiger partial charge is 0.384 e. The van der Waals surface area contributed by atoms with Crippen LogP contribution in [-0.2, 0) is 0 Å². The quantitative estimate of drug-likeness (QED) is 0.838. The van der Waals surface area contributed by atoms with E-state index in [1.54, 1.807) is 30.3 Å². The van der Waals surface area contributed by atoms with Crippen LogP contribution in [0.25, 0.3) is 0 Å². The monoisotopic (exact) mass is 260 g/mol. The van der Waals surface area contributed by atoms with Crippen LogP contribution in [0.15, 0.2) is 18.3 Å². The summed E-state index contributed by atoms with van der Waals surface area (Å²) in [6.45, 7) is 3.88. The van der Waals surface area contributed by atoms with Gasteiger partial charge in [0.2, 0.25) is 0 Å². The summed E-state index contributed by atoms with van der Waals surface area (Å²) in [5.74, 6) is 5.17. The summed E-state index contributed by atoms with van der Waals surface area (Å²) in [6, 6.07) is 3.63. The maximum absolute atomic E-state index is 12.4. The second-order valence-electron chi connectivity index (χ2n) is 4.41. The molecule has 1 rings (SSSR count). The third-order valence-electron chi connectivity index (χ3n) is 3.00. The summed E-state index contributed by atoms with van der Waals surface area (Å²) >= 11 is 0. The SMILES string of the molecule is CCCC(C)N(C)C(=O)c1ncccc1C#CCO. The van der Waals surface area contributed by atoms with Crippen molar-refractivity contribution in [1.82, 2.24) is 9.88 Å². The summed E-state index contributed by atoms with van der Waals surface area (Å²) in [5, 5.41) is 8.74. The Morgan fingerprint density at radius 3 is 2.95 bits per heavy atom. The average Bonchev–Trinajstić information content (AvgIpc) is 2.44. The fraction of sp³-hybridized carbons (Fsp3) is 0.467. The van der Waals surface area contributed by atoms with Gasteiger partial charge in [-0.25, -0.2) is 4.98 Å². The zero-order chi connectivity index (χ0) is 14.3. The van der Waals surface area contributed by atoms with Gasteiger partial charge in [0, 0.05) is 19.3 Å². The van der Waals surface area contributed by atoms with Crippen molar-refractivity contribution in [3.05, 3.63) is 29.6 Å². The molecule has 0 saturated carbocycles. The Morgan fingerprint density at radius 1 is 1.58 bits per heavy atom. The molecular weight excluding hydrogens is 240 g/mol. The standard InChI is InChI=1S/C15H20N2O2/c1-4-7-12(2)17(3)15(19)14-13(9-6-11-18)8-5-10-16-14/h5,8,10,12,18H,4,7,11H2,1-3H3. The van der Waals surface area contributed by atoms with Crippen LogP contribution >= 0.6 is 0 Å². The Morgan fingerprint density at radius 2 is 2.32 bits per heavy atom. The highest BCUT2D eigenvalue weighted by Gasteiger charge is 2.20. The third-order valence-corrected chi connectivity index (χ3v) is 3.00. The van der Waals surface area contributed by atoms with E-state index in [1.807, 2.05) is 6.92 Å². The minimum atomic E-state index is -0.232. The lowest BCUT2D eigenvalue weighted by Gasteiger charge is -2.24. The number of amides is 1. The number of aliphatic hydroxyl groups excluding tert-OH is 1. The van der Waals surface area contributed by atoms with Crippen LogP contribution in [0.2, 0.25) is 0 Å². The topological polar surface area (TPSA) is 53.4 Å². The molecule has 1 atom stereocenters. The lowest BCUT2D eigenvalue weighted by Crippen LogP contribution is -2.35. The first kappa shape index (κ1) is 15.2. The highest BCUT2D eigenvalue weighted by atomic mass is 16.2. The fourth-order valence-electron chi connectivity index (χ4n) is 1.79. The molecule has 1 heterocycles. The minimum Gasteiger partial charge on any atom is -0.384 e. The highest BCUT2D eigenvalue weighted by molar-refractivity contribution is 5.94. The Balaban J connectivity index is 2.99. The van der Waals surface area contributed by atoms with Crippen molar-refractivity contribution in [3.8, 4) is 11.8 Å². The summed E-state index contributed by atoms with van der Waals surface area (Å²) in [5.41, 5.74) is 0.894. The molecule has 1 N–H and O–H groups in total. The number of aliphatic hydroxyl groups is 1. The second kappa shape index (κ2) is 7.55. The molecule has 0 aliphatic carbocycles. The average molecular weight is 260 g/mol. The highest BCUT2D eigenvalue weighted by Crippen LogP contribution is 2.11. The van der Waals surface area contributed by atoms with Crippen LogP contribution in [0.4, 0.5) is 0 Å². The Labute approximate surface area is 114 Å². The van der Waals surface area contributed by atoms with E-state index in [1.165, 1.54) is 0 Å². The lowest BCUT2D eigenvalue weighted by molar-refractivity contribution is 0.0730. The number of carbonyl (C=O) groups is 1. The van der Waals surface area contributed by atoms with Gasteiger partial charge in [-0.05, 0) is 25.5 Å². The number of pyridine rings is 1. The van der Waals surface area contributed by atoms with Gasteiger partial charge < -0.3 is 10.0 Å². The molecule has 19 heavy (non-hydrogen) atoms. The van der Waals surface area contributed by atoms with Gasteiger partial charge in [0.1, 0.15) is 12.3 Å². The van der Waals surface area contributed by atoms with Crippen LogP contribution in [0.1, 0.15) is 42.7 Å². The van der Waals surface area contributed by atoms with Gasteiger partial charge in [-0.1, -0.05) is 25.2 Å². The van der Waals surface area contributed by atoms with E-state index in [0.29, 0.717) is 11.3 Å². The Bertz CT molecular complexity index is 488. The first-order valence-corrected chi connectivity index (χ1v) is 6.43. The van der Waals surface area contributed by atoms with E-state index >= 15 is 0 Å². The first-order chi connectivity index (χ1) is 9.11. The number of nitrogens with zero attached hydrogens (tertiary/aromatic N) is 2. The van der Waals surface area contributed by atoms with Gasteiger partial charge in [-0.2, -0.15) is 0 Å². The molecule has 1 amide bonds. The van der Waals surface area contributed by atoms with Gasteiger partial charge in [-0.15, -0.1) is 0 Å². The van der Waals surface area contributed by atoms with Crippen LogP contribution in [-0.4, -0.2) is 40.6 Å². The number of carbonyl (C=O) groups excluding carboxylic acids is 1. The Kier molecular flexibility index (Phi) is 6.04. The molecule has 4 heteroatoms. The van der Waals surface area contributed by atoms with Crippen LogP contribution in [0.5, 0.6) is 0 Å². The number of rotatable bonds is 4. The minimum absolute atomic E-state index is 0.135. The number of hydrogen-bond acceptors (Lipinski definition) is 3. The molecule has 0 aliphatic heterocycles. The maximum atomic E-state index is 12.4. The molecule has 1 unspecified atom stereocenters. The maximum Gasteiger partial charge on any atom is 0.273 e. The van der Waals surface area contributed by atoms with E-state index in [2.05, 4.69) is 23.7 Å². The zero-order valence-corrected chi connectivity index (χ0v) is 11.7. The first-order valence-electron chi connectivity index (χ1n) is 6.43. The molecule has 0 saturated heterocycles. The van der Waals surface area contributed by atoms with E-state index < -0.39 is 0 Å². The normalized spacial score (nSPS) is 11.4. The molecule has 1 aromatic rings. The third kappa shape index (κ3) is 4.08. The molecule has 0 aliphatic rings. The number of aromatic nitrogens is 1. The van der Waals surface area contributed by atoms with Crippen molar-refractivity contribution in [2.45, 2.75) is 32.7 Å². The lowest BCUT2D eigenvalue weighted by atomic mass is 10.1. The van der Waals surface area contributed by atoms with Gasteiger partial charge in [-0.3, -0.25) is 4.79 Å². The van der Waals surface area contributed by atoms with Crippen molar-refractivity contribution in [1.29, 1.82) is 0 Å². The van der Waals surface area contributed by atoms with Crippen molar-refractivity contribution >= 4 is 5.91 Å². The van der Waals surface area contributed by atoms with Crippen LogP contribution in [0, 0.1) is 11.8 Å². The van der Waals surface area contributed by atoms with Crippen LogP contribution < -0.4 is 0 Å². The molecule has 4 nitrogen and oxygen atoms in total. The van der Waals surface area contributed by atoms with Gasteiger partial charge in [0.05, 0.1) is 5.56 Å². The molecule has 0 aromatic carbocycles. The van der Waals surface area contributed by atoms with E-state index in [4.69, 9.17) is 5.11 Å². The van der Waals surface area contributed by atoms with E-state index in [-0.39, 0.29) is 18.6 Å². The summed E-state index contributed by atoms with van der Waals surface area (Å²) in [7, 11) is 1.78. The fourth-order valence-corrected chi connectivity index (χ4v) is 1.79. The predicted molar refractivity (Wildman–Crippen MR) is 74.7 cm³/mol. The van der Waals surface area contributed by atoms with Crippen molar-refractivity contribution < 1.29 is 9.90 Å². The van der Waals surface area contributed by atoms with Crippen molar-refractivity contribution in [3.63, 3.8) is 0 Å². The molecule has 102 valence electrons. The van der Waals surface area contributed by atoms with Gasteiger partial charge >= 0.3 is 0 Å². The molecule has 0 fully saturated rings. The van der Waals surface area contributed by atoms with Crippen molar-refractivity contribution in [2.75, 3.05) is 13.7 Å². The van der Waals surface area contributed by atoms with Crippen LogP contribution in [0.3, 0.4) is 0 Å². The predicted octanol–water partition coefficient (Wildman–Crippen LogP) is 1.69. The summed E-state index contributed by atoms with van der Waals surface area (Å²) < 4.78 is 0. The smallest absolute Gasteiger partial charge is 0.273 e.